The highest BCUT2D eigenvalue weighted by Gasteiger charge is 2.16. The molecule has 3 heteroatoms. The van der Waals surface area contributed by atoms with Gasteiger partial charge in [-0.05, 0) is 57.9 Å². The summed E-state index contributed by atoms with van der Waals surface area (Å²) in [7, 11) is 0. The van der Waals surface area contributed by atoms with Gasteiger partial charge in [-0.15, -0.1) is 0 Å². The summed E-state index contributed by atoms with van der Waals surface area (Å²) in [6.45, 7) is 10.3. The molecule has 3 rings (SSSR count). The Labute approximate surface area is 124 Å². The van der Waals surface area contributed by atoms with E-state index in [0.29, 0.717) is 5.75 Å². The first-order chi connectivity index (χ1) is 9.90. The monoisotopic (exact) mass is 280 g/mol. The van der Waals surface area contributed by atoms with Gasteiger partial charge in [-0.2, -0.15) is 5.10 Å². The number of rotatable bonds is 1. The SMILES string of the molecule is Cc1cc(C)c(-n2nc3ccc(O)c(C)c3c2C)c(C)c1. The fourth-order valence-electron chi connectivity index (χ4n) is 3.24. The van der Waals surface area contributed by atoms with E-state index < -0.39 is 0 Å². The number of fused-ring (bicyclic) bond motifs is 1. The molecule has 21 heavy (non-hydrogen) atoms. The predicted octanol–water partition coefficient (Wildman–Crippen LogP) is 4.27. The molecule has 0 unspecified atom stereocenters. The van der Waals surface area contributed by atoms with E-state index in [1.807, 2.05) is 17.7 Å². The first-order valence-electron chi connectivity index (χ1n) is 7.16. The van der Waals surface area contributed by atoms with E-state index in [-0.39, 0.29) is 0 Å². The molecule has 108 valence electrons. The Morgan fingerprint density at radius 3 is 2.19 bits per heavy atom. The zero-order chi connectivity index (χ0) is 15.3. The van der Waals surface area contributed by atoms with Gasteiger partial charge < -0.3 is 5.11 Å². The second-order valence-corrected chi connectivity index (χ2v) is 5.85. The van der Waals surface area contributed by atoms with Crippen molar-refractivity contribution in [2.45, 2.75) is 34.6 Å². The van der Waals surface area contributed by atoms with Gasteiger partial charge in [-0.25, -0.2) is 4.68 Å². The number of nitrogens with zero attached hydrogens (tertiary/aromatic N) is 2. The fourth-order valence-corrected chi connectivity index (χ4v) is 3.24. The van der Waals surface area contributed by atoms with Crippen LogP contribution in [0.2, 0.25) is 0 Å². The second kappa shape index (κ2) is 4.62. The molecule has 0 bridgehead atoms. The lowest BCUT2D eigenvalue weighted by Crippen LogP contribution is -2.04. The molecule has 0 saturated heterocycles. The van der Waals surface area contributed by atoms with Crippen molar-refractivity contribution in [2.24, 2.45) is 0 Å². The summed E-state index contributed by atoms with van der Waals surface area (Å²) in [4.78, 5) is 0. The van der Waals surface area contributed by atoms with Gasteiger partial charge in [0.15, 0.2) is 0 Å². The van der Waals surface area contributed by atoms with E-state index in [4.69, 9.17) is 5.10 Å². The van der Waals surface area contributed by atoms with Crippen LogP contribution in [0, 0.1) is 34.6 Å². The molecule has 0 spiro atoms. The van der Waals surface area contributed by atoms with Crippen molar-refractivity contribution in [1.29, 1.82) is 0 Å². The molecule has 0 aliphatic heterocycles. The van der Waals surface area contributed by atoms with Gasteiger partial charge in [0.1, 0.15) is 5.75 Å². The fraction of sp³-hybridized carbons (Fsp3) is 0.278. The molecule has 0 aliphatic rings. The number of phenols is 1. The van der Waals surface area contributed by atoms with E-state index in [1.54, 1.807) is 6.07 Å². The lowest BCUT2D eigenvalue weighted by molar-refractivity contribution is 0.472. The number of benzene rings is 2. The normalized spacial score (nSPS) is 11.3. The molecule has 2 aromatic carbocycles. The van der Waals surface area contributed by atoms with Gasteiger partial charge in [0, 0.05) is 16.6 Å². The number of aryl methyl sites for hydroxylation is 5. The average molecular weight is 280 g/mol. The van der Waals surface area contributed by atoms with Gasteiger partial charge in [-0.3, -0.25) is 0 Å². The predicted molar refractivity (Wildman–Crippen MR) is 86.4 cm³/mol. The Morgan fingerprint density at radius 2 is 1.57 bits per heavy atom. The van der Waals surface area contributed by atoms with Gasteiger partial charge in [0.05, 0.1) is 11.2 Å². The number of hydrogen-bond donors (Lipinski definition) is 1. The van der Waals surface area contributed by atoms with Gasteiger partial charge in [0.25, 0.3) is 0 Å². The largest absolute Gasteiger partial charge is 0.508 e. The molecule has 1 aromatic heterocycles. The zero-order valence-electron chi connectivity index (χ0n) is 13.2. The van der Waals surface area contributed by atoms with Gasteiger partial charge in [0.2, 0.25) is 0 Å². The summed E-state index contributed by atoms with van der Waals surface area (Å²) in [5.74, 6) is 0.322. The molecule has 0 fully saturated rings. The summed E-state index contributed by atoms with van der Waals surface area (Å²) < 4.78 is 2.00. The summed E-state index contributed by atoms with van der Waals surface area (Å²) in [6.07, 6.45) is 0. The Hall–Kier alpha value is -2.29. The lowest BCUT2D eigenvalue weighted by Gasteiger charge is -2.13. The third-order valence-electron chi connectivity index (χ3n) is 4.15. The summed E-state index contributed by atoms with van der Waals surface area (Å²) in [6, 6.07) is 7.94. The standard InChI is InChI=1S/C18H20N2O/c1-10-8-11(2)18(12(3)9-10)20-14(5)17-13(4)16(21)7-6-15(17)19-20/h6-9,21H,1-5H3. The summed E-state index contributed by atoms with van der Waals surface area (Å²) >= 11 is 0. The smallest absolute Gasteiger partial charge is 0.119 e. The molecule has 1 N–H and O–H groups in total. The van der Waals surface area contributed by atoms with Gasteiger partial charge in [-0.1, -0.05) is 17.7 Å². The van der Waals surface area contributed by atoms with E-state index >= 15 is 0 Å². The third-order valence-corrected chi connectivity index (χ3v) is 4.15. The minimum atomic E-state index is 0.322. The highest BCUT2D eigenvalue weighted by atomic mass is 16.3. The van der Waals surface area contributed by atoms with Crippen molar-refractivity contribution in [3.63, 3.8) is 0 Å². The third kappa shape index (κ3) is 2.00. The number of aromatic nitrogens is 2. The van der Waals surface area contributed by atoms with E-state index in [1.165, 1.54) is 16.7 Å². The maximum absolute atomic E-state index is 9.93. The van der Waals surface area contributed by atoms with Crippen molar-refractivity contribution in [2.75, 3.05) is 0 Å². The molecule has 0 amide bonds. The lowest BCUT2D eigenvalue weighted by atomic mass is 10.0. The van der Waals surface area contributed by atoms with Crippen LogP contribution in [0.4, 0.5) is 0 Å². The Bertz CT molecular complexity index is 836. The van der Waals surface area contributed by atoms with E-state index in [2.05, 4.69) is 39.8 Å². The number of aromatic hydroxyl groups is 1. The summed E-state index contributed by atoms with van der Waals surface area (Å²) in [5, 5.41) is 15.7. The van der Waals surface area contributed by atoms with Crippen LogP contribution in [0.5, 0.6) is 5.75 Å². The maximum Gasteiger partial charge on any atom is 0.119 e. The number of hydrogen-bond acceptors (Lipinski definition) is 2. The van der Waals surface area contributed by atoms with Crippen molar-refractivity contribution in [3.8, 4) is 11.4 Å². The molecule has 0 radical (unpaired) electrons. The topological polar surface area (TPSA) is 38.0 Å². The molecule has 0 atom stereocenters. The van der Waals surface area contributed by atoms with Crippen LogP contribution in [0.25, 0.3) is 16.6 Å². The van der Waals surface area contributed by atoms with Crippen LogP contribution >= 0.6 is 0 Å². The number of phenolic OH excluding ortho intramolecular Hbond substituents is 1. The molecule has 0 saturated carbocycles. The molecule has 3 nitrogen and oxygen atoms in total. The first-order valence-corrected chi connectivity index (χ1v) is 7.16. The van der Waals surface area contributed by atoms with Crippen LogP contribution in [-0.4, -0.2) is 14.9 Å². The van der Waals surface area contributed by atoms with Crippen molar-refractivity contribution >= 4 is 10.9 Å². The highest BCUT2D eigenvalue weighted by molar-refractivity contribution is 5.87. The molecule has 1 heterocycles. The zero-order valence-corrected chi connectivity index (χ0v) is 13.2. The van der Waals surface area contributed by atoms with Crippen molar-refractivity contribution in [3.05, 3.63) is 52.2 Å². The van der Waals surface area contributed by atoms with Crippen LogP contribution < -0.4 is 0 Å². The Kier molecular flexibility index (Phi) is 3.01. The Balaban J connectivity index is 2.37. The molecular formula is C18H20N2O. The van der Waals surface area contributed by atoms with Crippen molar-refractivity contribution in [1.82, 2.24) is 9.78 Å². The first kappa shape index (κ1) is 13.7. The van der Waals surface area contributed by atoms with E-state index in [0.717, 1.165) is 27.8 Å². The summed E-state index contributed by atoms with van der Waals surface area (Å²) in [5.41, 5.74) is 7.69. The maximum atomic E-state index is 9.93. The minimum absolute atomic E-state index is 0.322. The van der Waals surface area contributed by atoms with Gasteiger partial charge >= 0.3 is 0 Å². The van der Waals surface area contributed by atoms with E-state index in [9.17, 15) is 5.11 Å². The van der Waals surface area contributed by atoms with Crippen molar-refractivity contribution < 1.29 is 5.11 Å². The highest BCUT2D eigenvalue weighted by Crippen LogP contribution is 2.31. The molecule has 0 aliphatic carbocycles. The Morgan fingerprint density at radius 1 is 0.952 bits per heavy atom. The molecule has 3 aromatic rings. The second-order valence-electron chi connectivity index (χ2n) is 5.85. The minimum Gasteiger partial charge on any atom is -0.508 e. The average Bonchev–Trinajstić information content (AvgIpc) is 2.71. The van der Waals surface area contributed by atoms with Crippen LogP contribution in [0.1, 0.15) is 27.9 Å². The molecular weight excluding hydrogens is 260 g/mol. The van der Waals surface area contributed by atoms with Crippen LogP contribution in [0.3, 0.4) is 0 Å². The van der Waals surface area contributed by atoms with Crippen LogP contribution in [-0.2, 0) is 0 Å². The quantitative estimate of drug-likeness (QED) is 0.722. The van der Waals surface area contributed by atoms with Crippen LogP contribution in [0.15, 0.2) is 24.3 Å².